The van der Waals surface area contributed by atoms with Crippen LogP contribution in [-0.2, 0) is 4.74 Å². The highest BCUT2D eigenvalue weighted by Crippen LogP contribution is 2.72. The monoisotopic (exact) mass is 384 g/mol. The Morgan fingerprint density at radius 1 is 1.04 bits per heavy atom. The van der Waals surface area contributed by atoms with Gasteiger partial charge in [0.25, 0.3) is 0 Å². The maximum Gasteiger partial charge on any atom is 0.0738 e. The van der Waals surface area contributed by atoms with Crippen LogP contribution in [0.4, 0.5) is 0 Å². The number of rotatable bonds is 0. The normalized spacial score (nSPS) is 64.2. The molecule has 4 saturated carbocycles. The maximum atomic E-state index is 10.6. The molecule has 1 aliphatic heterocycles. The van der Waals surface area contributed by atoms with E-state index in [0.29, 0.717) is 17.8 Å². The van der Waals surface area contributed by atoms with Crippen molar-refractivity contribution < 1.29 is 14.9 Å². The summed E-state index contributed by atoms with van der Waals surface area (Å²) >= 11 is 4.12. The minimum absolute atomic E-state index is 0.0101. The van der Waals surface area contributed by atoms with Gasteiger partial charge in [-0.05, 0) is 74.5 Å². The van der Waals surface area contributed by atoms with Crippen LogP contribution in [0.25, 0.3) is 0 Å². The fourth-order valence-corrected chi connectivity index (χ4v) is 8.98. The number of aliphatic hydroxyl groups is 2. The molecule has 0 aromatic rings. The maximum absolute atomic E-state index is 10.6. The lowest BCUT2D eigenvalue weighted by Crippen LogP contribution is -2.63. The molecule has 5 fully saturated rings. The first kappa shape index (κ1) is 15.6. The molecular formula is C19H29BrO3. The number of hydrogen-bond acceptors (Lipinski definition) is 3. The first-order valence-corrected chi connectivity index (χ1v) is 10.4. The van der Waals surface area contributed by atoms with E-state index in [1.807, 2.05) is 0 Å². The largest absolute Gasteiger partial charge is 0.393 e. The van der Waals surface area contributed by atoms with Gasteiger partial charge in [0.05, 0.1) is 29.2 Å². The van der Waals surface area contributed by atoms with Crippen LogP contribution in [0.1, 0.15) is 58.3 Å². The molecule has 5 aliphatic rings. The van der Waals surface area contributed by atoms with E-state index in [1.165, 1.54) is 12.8 Å². The molecule has 130 valence electrons. The van der Waals surface area contributed by atoms with Crippen LogP contribution in [0.2, 0.25) is 0 Å². The summed E-state index contributed by atoms with van der Waals surface area (Å²) in [4.78, 5) is 0. The number of alkyl halides is 1. The fraction of sp³-hybridized carbons (Fsp3) is 1.00. The summed E-state index contributed by atoms with van der Waals surface area (Å²) < 4.78 is 6.34. The Kier molecular flexibility index (Phi) is 3.22. The molecule has 1 saturated heterocycles. The second-order valence-electron chi connectivity index (χ2n) is 9.47. The minimum Gasteiger partial charge on any atom is -0.393 e. The van der Waals surface area contributed by atoms with Gasteiger partial charge in [0.15, 0.2) is 0 Å². The van der Waals surface area contributed by atoms with Gasteiger partial charge in [0.2, 0.25) is 0 Å². The minimum atomic E-state index is -0.176. The summed E-state index contributed by atoms with van der Waals surface area (Å²) in [5.74, 6) is 2.08. The average molecular weight is 385 g/mol. The van der Waals surface area contributed by atoms with E-state index in [1.54, 1.807) is 0 Å². The van der Waals surface area contributed by atoms with Crippen molar-refractivity contribution in [3.63, 3.8) is 0 Å². The van der Waals surface area contributed by atoms with Gasteiger partial charge >= 0.3 is 0 Å². The third-order valence-corrected chi connectivity index (χ3v) is 10.5. The summed E-state index contributed by atoms with van der Waals surface area (Å²) in [6, 6.07) is 0. The number of aliphatic hydroxyl groups excluding tert-OH is 2. The van der Waals surface area contributed by atoms with E-state index in [4.69, 9.17) is 4.74 Å². The SMILES string of the molecule is C[C@]12CC[C@H]3[C@@H](C[C@@H]4OC[C@@]35CC[C@H](O)C[C@]45Br)[C@@H]1CC[C@H]2O. The van der Waals surface area contributed by atoms with E-state index in [9.17, 15) is 10.2 Å². The fourth-order valence-electron chi connectivity index (χ4n) is 7.68. The second kappa shape index (κ2) is 4.75. The lowest BCUT2D eigenvalue weighted by Gasteiger charge is -2.62. The summed E-state index contributed by atoms with van der Waals surface area (Å²) in [7, 11) is 0. The van der Waals surface area contributed by atoms with Crippen molar-refractivity contribution >= 4 is 15.9 Å². The van der Waals surface area contributed by atoms with Crippen LogP contribution in [0.5, 0.6) is 0 Å². The first-order chi connectivity index (χ1) is 10.9. The summed E-state index contributed by atoms with van der Waals surface area (Å²) in [6.45, 7) is 3.22. The van der Waals surface area contributed by atoms with Gasteiger partial charge < -0.3 is 14.9 Å². The van der Waals surface area contributed by atoms with Crippen molar-refractivity contribution in [2.24, 2.45) is 28.6 Å². The van der Waals surface area contributed by atoms with Gasteiger partial charge in [-0.1, -0.05) is 22.9 Å². The van der Waals surface area contributed by atoms with Gasteiger partial charge in [-0.2, -0.15) is 0 Å². The van der Waals surface area contributed by atoms with Crippen molar-refractivity contribution in [3.8, 4) is 0 Å². The predicted octanol–water partition coefficient (Wildman–Crippen LogP) is 3.26. The van der Waals surface area contributed by atoms with Crippen LogP contribution < -0.4 is 0 Å². The van der Waals surface area contributed by atoms with Crippen molar-refractivity contribution in [3.05, 3.63) is 0 Å². The molecular weight excluding hydrogens is 356 g/mol. The van der Waals surface area contributed by atoms with E-state index in [2.05, 4.69) is 22.9 Å². The molecule has 2 bridgehead atoms. The third-order valence-electron chi connectivity index (χ3n) is 8.92. The number of ether oxygens (including phenoxy) is 1. The standard InChI is InChI=1S/C19H29BrO3/c1-17-6-5-14-12(13(17)2-3-15(17)22)8-16-19(20)9-11(21)4-7-18(14,19)10-23-16/h11-16,21-22H,2-10H2,1H3/t11-,12-,13-,14-,15+,16-,17-,18-,19-/m0/s1. The van der Waals surface area contributed by atoms with Gasteiger partial charge in [0.1, 0.15) is 0 Å². The van der Waals surface area contributed by atoms with Gasteiger partial charge in [0, 0.05) is 5.41 Å². The van der Waals surface area contributed by atoms with Crippen LogP contribution in [0, 0.1) is 28.6 Å². The van der Waals surface area contributed by atoms with Gasteiger partial charge in [-0.25, -0.2) is 0 Å². The zero-order chi connectivity index (χ0) is 16.0. The van der Waals surface area contributed by atoms with E-state index in [0.717, 1.165) is 45.1 Å². The summed E-state index contributed by atoms with van der Waals surface area (Å²) in [5.41, 5.74) is 0.354. The summed E-state index contributed by atoms with van der Waals surface area (Å²) in [5, 5.41) is 20.8. The van der Waals surface area contributed by atoms with Crippen LogP contribution >= 0.6 is 15.9 Å². The number of halogens is 1. The molecule has 4 heteroatoms. The molecule has 1 heterocycles. The smallest absolute Gasteiger partial charge is 0.0738 e. The topological polar surface area (TPSA) is 49.7 Å². The molecule has 0 aromatic heterocycles. The predicted molar refractivity (Wildman–Crippen MR) is 91.4 cm³/mol. The van der Waals surface area contributed by atoms with Crippen molar-refractivity contribution in [2.75, 3.05) is 6.61 Å². The number of hydrogen-bond donors (Lipinski definition) is 2. The van der Waals surface area contributed by atoms with Gasteiger partial charge in [-0.3, -0.25) is 0 Å². The molecule has 5 rings (SSSR count). The Balaban J connectivity index is 1.55. The molecule has 2 N–H and O–H groups in total. The number of fused-ring (bicyclic) bond motifs is 3. The van der Waals surface area contributed by atoms with Crippen LogP contribution in [0.15, 0.2) is 0 Å². The molecule has 3 nitrogen and oxygen atoms in total. The molecule has 0 unspecified atom stereocenters. The van der Waals surface area contributed by atoms with Crippen LogP contribution in [-0.4, -0.2) is 39.5 Å². The average Bonchev–Trinajstić information content (AvgIpc) is 2.88. The molecule has 9 atom stereocenters. The Morgan fingerprint density at radius 2 is 1.87 bits per heavy atom. The Hall–Kier alpha value is 0.360. The van der Waals surface area contributed by atoms with Crippen molar-refractivity contribution in [2.45, 2.75) is 80.9 Å². The second-order valence-corrected chi connectivity index (χ2v) is 10.9. The Labute approximate surface area is 147 Å². The van der Waals surface area contributed by atoms with E-state index >= 15 is 0 Å². The van der Waals surface area contributed by atoms with Crippen molar-refractivity contribution in [1.82, 2.24) is 0 Å². The molecule has 4 aliphatic carbocycles. The Morgan fingerprint density at radius 3 is 2.70 bits per heavy atom. The zero-order valence-electron chi connectivity index (χ0n) is 14.0. The molecule has 0 amide bonds. The van der Waals surface area contributed by atoms with Crippen molar-refractivity contribution in [1.29, 1.82) is 0 Å². The summed E-state index contributed by atoms with van der Waals surface area (Å²) in [6.07, 6.45) is 8.55. The molecule has 0 spiro atoms. The molecule has 23 heavy (non-hydrogen) atoms. The highest BCUT2D eigenvalue weighted by molar-refractivity contribution is 9.10. The molecule has 0 aromatic carbocycles. The molecule has 0 radical (unpaired) electrons. The lowest BCUT2D eigenvalue weighted by molar-refractivity contribution is -0.112. The lowest BCUT2D eigenvalue weighted by atomic mass is 9.45. The van der Waals surface area contributed by atoms with E-state index in [-0.39, 0.29) is 33.5 Å². The highest BCUT2D eigenvalue weighted by atomic mass is 79.9. The van der Waals surface area contributed by atoms with Crippen LogP contribution in [0.3, 0.4) is 0 Å². The quantitative estimate of drug-likeness (QED) is 0.630. The first-order valence-electron chi connectivity index (χ1n) is 9.57. The zero-order valence-corrected chi connectivity index (χ0v) is 15.6. The Bertz CT molecular complexity index is 527. The third kappa shape index (κ3) is 1.72. The van der Waals surface area contributed by atoms with E-state index < -0.39 is 0 Å². The van der Waals surface area contributed by atoms with Gasteiger partial charge in [-0.15, -0.1) is 0 Å². The highest BCUT2D eigenvalue weighted by Gasteiger charge is 2.72.